The Hall–Kier alpha value is -2.16. The fourth-order valence-corrected chi connectivity index (χ4v) is 18.1. The van der Waals surface area contributed by atoms with Crippen LogP contribution < -0.4 is 0 Å². The van der Waals surface area contributed by atoms with E-state index in [4.69, 9.17) is 42.6 Å². The number of carbonyl (C=O) groups is 2. The van der Waals surface area contributed by atoms with Crippen molar-refractivity contribution in [1.82, 2.24) is 0 Å². The molecule has 0 radical (unpaired) electrons. The molecule has 25 heteroatoms. The topological polar surface area (TPSA) is 400 Å². The first-order valence-corrected chi connectivity index (χ1v) is 29.8. The summed E-state index contributed by atoms with van der Waals surface area (Å²) >= 11 is 0. The number of carboxylic acids is 1. The van der Waals surface area contributed by atoms with Gasteiger partial charge in [-0.1, -0.05) is 60.1 Å². The number of aliphatic carboxylic acids is 1. The maximum absolute atomic E-state index is 14.9. The van der Waals surface area contributed by atoms with Crippen LogP contribution in [-0.2, 0) is 52.2 Å². The smallest absolute Gasteiger partial charge is 0.335 e. The molecular weight excluding hydrogens is 1100 g/mol. The van der Waals surface area contributed by atoms with Gasteiger partial charge in [-0.2, -0.15) is 0 Å². The molecule has 10 rings (SSSR count). The van der Waals surface area contributed by atoms with Gasteiger partial charge in [0.2, 0.25) is 6.29 Å². The summed E-state index contributed by atoms with van der Waals surface area (Å²) in [5.41, 5.74) is -0.364. The SMILES string of the molecule is C[C@@H]1OC(O[C@H]2C(OC(=O)[C@@H]3CC(C)(C)C[C@H]4C5=CCC6[C@@]7(C)CC[C@H](CC8OC(C(=O)O)[C@@H](O)[C@H](O)[C@H]8O)CC7C(C)(C)C[C@@]6(C)[C@]5(C)C[C@@H](O)C34)OC[C@H](O)[C@@H]2O)[C@H](O)[C@H](O)[C@H]1OC1OC[C@@H](O)[C@H](OC2OC[C@@H](O)[C@H](O)[C@H]2O)[C@H]1O. The lowest BCUT2D eigenvalue weighted by atomic mass is 9.32. The molecule has 474 valence electrons. The number of hydrogen-bond acceptors (Lipinski definition) is 24. The second kappa shape index (κ2) is 23.3. The van der Waals surface area contributed by atoms with E-state index in [1.807, 2.05) is 0 Å². The molecule has 0 aromatic rings. The number of allylic oxidation sites excluding steroid dienone is 2. The molecule has 5 aliphatic carbocycles. The molecule has 5 saturated heterocycles. The van der Waals surface area contributed by atoms with Crippen LogP contribution in [-0.4, -0.2) is 244 Å². The molecule has 5 heterocycles. The van der Waals surface area contributed by atoms with Crippen molar-refractivity contribution in [2.45, 2.75) is 254 Å². The van der Waals surface area contributed by atoms with Gasteiger partial charge in [-0.25, -0.2) is 4.79 Å². The second-order valence-electron chi connectivity index (χ2n) is 28.5. The van der Waals surface area contributed by atoms with Gasteiger partial charge in [0.05, 0.1) is 44.1 Å². The minimum Gasteiger partial charge on any atom is -0.479 e. The number of rotatable bonds is 11. The third kappa shape index (κ3) is 11.2. The monoisotopic (exact) mass is 1190 g/mol. The molecule has 0 aromatic heterocycles. The predicted molar refractivity (Wildman–Crippen MR) is 281 cm³/mol. The summed E-state index contributed by atoms with van der Waals surface area (Å²) in [4.78, 5) is 26.9. The van der Waals surface area contributed by atoms with Crippen LogP contribution in [0.4, 0.5) is 0 Å². The van der Waals surface area contributed by atoms with Gasteiger partial charge in [0, 0.05) is 5.92 Å². The van der Waals surface area contributed by atoms with Crippen LogP contribution in [0.15, 0.2) is 11.6 Å². The number of hydrogen-bond donors (Lipinski definition) is 14. The molecule has 5 aliphatic heterocycles. The first-order valence-electron chi connectivity index (χ1n) is 29.8. The Labute approximate surface area is 482 Å². The molecule has 9 unspecified atom stereocenters. The second-order valence-corrected chi connectivity index (χ2v) is 28.5. The average molecular weight is 1190 g/mol. The van der Waals surface area contributed by atoms with Crippen LogP contribution in [0, 0.1) is 62.6 Å². The van der Waals surface area contributed by atoms with Gasteiger partial charge in [0.1, 0.15) is 85.5 Å². The number of ether oxygens (including phenoxy) is 9. The Balaban J connectivity index is 0.818. The Bertz CT molecular complexity index is 2360. The van der Waals surface area contributed by atoms with E-state index in [1.165, 1.54) is 12.5 Å². The molecule has 0 bridgehead atoms. The highest BCUT2D eigenvalue weighted by atomic mass is 16.8. The summed E-state index contributed by atoms with van der Waals surface area (Å²) in [6, 6.07) is 0. The average Bonchev–Trinajstić information content (AvgIpc) is 0.751. The summed E-state index contributed by atoms with van der Waals surface area (Å²) in [7, 11) is 0. The van der Waals surface area contributed by atoms with E-state index in [-0.39, 0.29) is 39.9 Å². The molecule has 32 atom stereocenters. The van der Waals surface area contributed by atoms with Crippen LogP contribution in [0.1, 0.15) is 113 Å². The van der Waals surface area contributed by atoms with Gasteiger partial charge >= 0.3 is 11.9 Å². The molecule has 10 aliphatic rings. The lowest BCUT2D eigenvalue weighted by Crippen LogP contribution is -2.66. The number of carbonyl (C=O) groups excluding carboxylic acids is 1. The first kappa shape index (κ1) is 63.8. The number of carboxylic acid groups (broad SMARTS) is 1. The molecule has 83 heavy (non-hydrogen) atoms. The van der Waals surface area contributed by atoms with Gasteiger partial charge in [-0.15, -0.1) is 0 Å². The fraction of sp³-hybridized carbons (Fsp3) is 0.931. The third-order valence-corrected chi connectivity index (χ3v) is 22.2. The van der Waals surface area contributed by atoms with Crippen LogP contribution in [0.5, 0.6) is 0 Å². The fourth-order valence-electron chi connectivity index (χ4n) is 18.1. The molecule has 0 spiro atoms. The van der Waals surface area contributed by atoms with Gasteiger partial charge in [-0.05, 0) is 115 Å². The molecule has 4 saturated carbocycles. The van der Waals surface area contributed by atoms with E-state index in [1.54, 1.807) is 0 Å². The zero-order valence-electron chi connectivity index (χ0n) is 48.6. The first-order chi connectivity index (χ1) is 38.7. The zero-order chi connectivity index (χ0) is 60.5. The van der Waals surface area contributed by atoms with Crippen LogP contribution >= 0.6 is 0 Å². The number of fused-ring (bicyclic) bond motifs is 7. The maximum Gasteiger partial charge on any atom is 0.335 e. The zero-order valence-corrected chi connectivity index (χ0v) is 48.6. The van der Waals surface area contributed by atoms with Crippen LogP contribution in [0.2, 0.25) is 0 Å². The lowest BCUT2D eigenvalue weighted by Gasteiger charge is -2.72. The van der Waals surface area contributed by atoms with E-state index >= 15 is 0 Å². The van der Waals surface area contributed by atoms with E-state index in [0.717, 1.165) is 32.1 Å². The van der Waals surface area contributed by atoms with E-state index in [2.05, 4.69) is 54.5 Å². The highest BCUT2D eigenvalue weighted by Gasteiger charge is 2.70. The highest BCUT2D eigenvalue weighted by molar-refractivity contribution is 5.74. The van der Waals surface area contributed by atoms with Crippen molar-refractivity contribution in [3.05, 3.63) is 11.6 Å². The summed E-state index contributed by atoms with van der Waals surface area (Å²) < 4.78 is 52.2. The standard InChI is InChI=1S/C58H92O25/c1-22-44(80-51-43(71)45(30(62)20-76-51)81-50-41(69)35(63)28(60)18-75-50)40(68)42(70)52(78-22)82-47-36(64)29(61)19-77-53(47)83-49(74)25-16-54(2,3)15-24-26-9-10-32-56(6)12-11-23(13-31-37(65)38(66)39(67)46(79-31)48(72)73)14-33(56)55(4,5)21-58(32,8)57(26,7)17-27(59)34(24)25/h9,22-25,27-47,50-53,59-71H,10-21H2,1-8H3,(H,72,73)/t22-,23+,24-,25+,27+,28+,29-,30+,31?,32?,33?,34?,35-,36-,37-,38+,39-,40-,41+,42+,43+,44-,45-,46?,47+,50?,51?,52?,53?,56+,57+,58+/m0/s1. The molecule has 14 N–H and O–H groups in total. The van der Waals surface area contributed by atoms with E-state index in [9.17, 15) is 81.1 Å². The summed E-state index contributed by atoms with van der Waals surface area (Å²) in [6.45, 7) is 16.0. The van der Waals surface area contributed by atoms with Crippen molar-refractivity contribution in [3.8, 4) is 0 Å². The van der Waals surface area contributed by atoms with Crippen molar-refractivity contribution in [1.29, 1.82) is 0 Å². The van der Waals surface area contributed by atoms with Crippen molar-refractivity contribution in [2.75, 3.05) is 19.8 Å². The van der Waals surface area contributed by atoms with Gasteiger partial charge in [0.15, 0.2) is 31.1 Å². The minimum atomic E-state index is -1.94. The predicted octanol–water partition coefficient (Wildman–Crippen LogP) is -1.68. The van der Waals surface area contributed by atoms with Crippen molar-refractivity contribution in [2.24, 2.45) is 62.6 Å². The Morgan fingerprint density at radius 3 is 1.88 bits per heavy atom. The lowest BCUT2D eigenvalue weighted by molar-refractivity contribution is -0.375. The third-order valence-electron chi connectivity index (χ3n) is 22.2. The van der Waals surface area contributed by atoms with Gasteiger partial charge in [0.25, 0.3) is 0 Å². The van der Waals surface area contributed by atoms with Gasteiger partial charge < -0.3 is 114 Å². The number of esters is 1. The van der Waals surface area contributed by atoms with Crippen molar-refractivity contribution < 1.29 is 124 Å². The highest BCUT2D eigenvalue weighted by Crippen LogP contribution is 2.76. The van der Waals surface area contributed by atoms with Crippen molar-refractivity contribution in [3.63, 3.8) is 0 Å². The molecule has 9 fully saturated rings. The maximum atomic E-state index is 14.9. The normalized spacial score (nSPS) is 54.2. The Morgan fingerprint density at radius 1 is 0.602 bits per heavy atom. The number of aliphatic hydroxyl groups excluding tert-OH is 13. The quantitative estimate of drug-likeness (QED) is 0.0811. The number of aliphatic hydroxyl groups is 13. The minimum absolute atomic E-state index is 0.0638. The molecular formula is C58H92O25. The van der Waals surface area contributed by atoms with E-state index in [0.29, 0.717) is 25.7 Å². The molecule has 0 aromatic carbocycles. The summed E-state index contributed by atoms with van der Waals surface area (Å²) in [5, 5.41) is 152. The largest absolute Gasteiger partial charge is 0.479 e. The Morgan fingerprint density at radius 2 is 1.20 bits per heavy atom. The van der Waals surface area contributed by atoms with Crippen molar-refractivity contribution >= 4 is 11.9 Å². The summed E-state index contributed by atoms with van der Waals surface area (Å²) in [6.07, 6.45) is -27.8. The summed E-state index contributed by atoms with van der Waals surface area (Å²) in [5.74, 6) is -3.27. The van der Waals surface area contributed by atoms with E-state index < -0.39 is 196 Å². The van der Waals surface area contributed by atoms with Crippen LogP contribution in [0.3, 0.4) is 0 Å². The molecule has 0 amide bonds. The Kier molecular flexibility index (Phi) is 17.9. The molecule has 25 nitrogen and oxygen atoms in total. The van der Waals surface area contributed by atoms with Crippen LogP contribution in [0.25, 0.3) is 0 Å². The van der Waals surface area contributed by atoms with Gasteiger partial charge in [-0.3, -0.25) is 4.79 Å².